The van der Waals surface area contributed by atoms with Crippen LogP contribution in [0.1, 0.15) is 6.92 Å². The van der Waals surface area contributed by atoms with Crippen molar-refractivity contribution in [1.82, 2.24) is 9.80 Å². The van der Waals surface area contributed by atoms with Gasteiger partial charge in [-0.25, -0.2) is 0 Å². The quantitative estimate of drug-likeness (QED) is 0.797. The van der Waals surface area contributed by atoms with Gasteiger partial charge in [-0.2, -0.15) is 0 Å². The molecule has 6 heteroatoms. The van der Waals surface area contributed by atoms with Crippen LogP contribution >= 0.6 is 0 Å². The number of benzene rings is 1. The zero-order valence-electron chi connectivity index (χ0n) is 13.9. The first-order valence-electron chi connectivity index (χ1n) is 8.01. The number of morpholine rings is 1. The van der Waals surface area contributed by atoms with Crippen LogP contribution < -0.4 is 4.74 Å². The summed E-state index contributed by atoms with van der Waals surface area (Å²) in [7, 11) is 1.93. The van der Waals surface area contributed by atoms with Crippen molar-refractivity contribution in [2.45, 2.75) is 19.1 Å². The first-order valence-corrected chi connectivity index (χ1v) is 8.01. The molecule has 1 fully saturated rings. The molecule has 0 unspecified atom stereocenters. The third-order valence-electron chi connectivity index (χ3n) is 3.92. The Bertz CT molecular complexity index is 483. The van der Waals surface area contributed by atoms with Gasteiger partial charge in [0.15, 0.2) is 6.10 Å². The van der Waals surface area contributed by atoms with Crippen LogP contribution in [0.5, 0.6) is 5.75 Å². The number of hydrogen-bond acceptors (Lipinski definition) is 5. The lowest BCUT2D eigenvalue weighted by atomic mass is 10.2. The van der Waals surface area contributed by atoms with E-state index in [2.05, 4.69) is 0 Å². The summed E-state index contributed by atoms with van der Waals surface area (Å²) in [5.41, 5.74) is 0. The van der Waals surface area contributed by atoms with Crippen LogP contribution in [0, 0.1) is 0 Å². The van der Waals surface area contributed by atoms with Gasteiger partial charge in [0.25, 0.3) is 5.91 Å². The molecule has 2 atom stereocenters. The highest BCUT2D eigenvalue weighted by atomic mass is 16.5. The van der Waals surface area contributed by atoms with Crippen LogP contribution in [0.3, 0.4) is 0 Å². The molecule has 1 aliphatic rings. The van der Waals surface area contributed by atoms with Crippen LogP contribution in [0.2, 0.25) is 0 Å². The zero-order chi connectivity index (χ0) is 16.7. The third-order valence-corrected chi connectivity index (χ3v) is 3.92. The lowest BCUT2D eigenvalue weighted by Gasteiger charge is -2.38. The number of rotatable bonds is 7. The van der Waals surface area contributed by atoms with Gasteiger partial charge in [-0.1, -0.05) is 18.2 Å². The molecule has 0 aromatic heterocycles. The van der Waals surface area contributed by atoms with E-state index >= 15 is 0 Å². The van der Waals surface area contributed by atoms with Crippen LogP contribution in [0.4, 0.5) is 0 Å². The van der Waals surface area contributed by atoms with E-state index in [1.54, 1.807) is 6.92 Å². The Kier molecular flexibility index (Phi) is 6.83. The second-order valence-corrected chi connectivity index (χ2v) is 5.82. The van der Waals surface area contributed by atoms with Gasteiger partial charge in [0.05, 0.1) is 25.9 Å². The predicted octanol–water partition coefficient (Wildman–Crippen LogP) is 0.605. The Morgan fingerprint density at radius 2 is 2.22 bits per heavy atom. The fourth-order valence-corrected chi connectivity index (χ4v) is 2.71. The minimum Gasteiger partial charge on any atom is -0.481 e. The second kappa shape index (κ2) is 8.86. The minimum absolute atomic E-state index is 0.0189. The second-order valence-electron chi connectivity index (χ2n) is 5.82. The number of carbonyl (C=O) groups is 1. The number of aliphatic hydroxyl groups is 1. The van der Waals surface area contributed by atoms with Crippen LogP contribution in [-0.2, 0) is 9.53 Å². The molecule has 6 nitrogen and oxygen atoms in total. The number of likely N-dealkylation sites (N-methyl/N-ethyl adjacent to an activating group) is 1. The molecule has 1 saturated heterocycles. The molecule has 128 valence electrons. The van der Waals surface area contributed by atoms with E-state index in [-0.39, 0.29) is 18.6 Å². The first-order chi connectivity index (χ1) is 11.1. The average molecular weight is 322 g/mol. The van der Waals surface area contributed by atoms with Crippen molar-refractivity contribution in [2.24, 2.45) is 0 Å². The topological polar surface area (TPSA) is 62.2 Å². The van der Waals surface area contributed by atoms with Gasteiger partial charge >= 0.3 is 0 Å². The van der Waals surface area contributed by atoms with Crippen molar-refractivity contribution < 1.29 is 19.4 Å². The molecule has 1 N–H and O–H groups in total. The summed E-state index contributed by atoms with van der Waals surface area (Å²) in [4.78, 5) is 16.6. The molecule has 0 saturated carbocycles. The van der Waals surface area contributed by atoms with Crippen molar-refractivity contribution in [1.29, 1.82) is 0 Å². The highest BCUT2D eigenvalue weighted by Gasteiger charge is 2.31. The number of hydrogen-bond donors (Lipinski definition) is 1. The number of para-hydroxylation sites is 1. The Balaban J connectivity index is 1.96. The number of aliphatic hydroxyl groups excluding tert-OH is 1. The van der Waals surface area contributed by atoms with Gasteiger partial charge in [0.1, 0.15) is 5.75 Å². The van der Waals surface area contributed by atoms with Gasteiger partial charge in [-0.3, -0.25) is 4.79 Å². The van der Waals surface area contributed by atoms with Gasteiger partial charge in [-0.15, -0.1) is 0 Å². The zero-order valence-corrected chi connectivity index (χ0v) is 13.9. The first kappa shape index (κ1) is 17.7. The Hall–Kier alpha value is -1.63. The van der Waals surface area contributed by atoms with E-state index in [4.69, 9.17) is 14.6 Å². The van der Waals surface area contributed by atoms with E-state index in [1.807, 2.05) is 47.2 Å². The molecule has 1 amide bonds. The molecule has 1 aromatic rings. The molecule has 1 heterocycles. The summed E-state index contributed by atoms with van der Waals surface area (Å²) in [6.45, 7) is 4.76. The summed E-state index contributed by atoms with van der Waals surface area (Å²) in [5, 5.41) is 9.02. The van der Waals surface area contributed by atoms with Crippen LogP contribution in [0.15, 0.2) is 30.3 Å². The van der Waals surface area contributed by atoms with Crippen molar-refractivity contribution in [2.75, 3.05) is 46.5 Å². The van der Waals surface area contributed by atoms with E-state index in [9.17, 15) is 4.79 Å². The molecule has 1 aromatic carbocycles. The molecule has 2 rings (SSSR count). The van der Waals surface area contributed by atoms with Crippen molar-refractivity contribution in [3.8, 4) is 5.75 Å². The molecule has 0 aliphatic carbocycles. The van der Waals surface area contributed by atoms with Gasteiger partial charge in [0.2, 0.25) is 0 Å². The molecule has 0 spiro atoms. The van der Waals surface area contributed by atoms with E-state index in [1.165, 1.54) is 0 Å². The summed E-state index contributed by atoms with van der Waals surface area (Å²) in [6.07, 6.45) is -0.541. The van der Waals surface area contributed by atoms with Crippen molar-refractivity contribution in [3.63, 3.8) is 0 Å². The minimum atomic E-state index is -0.541. The summed E-state index contributed by atoms with van der Waals surface area (Å²) in [5.74, 6) is 0.662. The highest BCUT2D eigenvalue weighted by molar-refractivity contribution is 5.81. The molecule has 1 aliphatic heterocycles. The Morgan fingerprint density at radius 1 is 1.48 bits per heavy atom. The normalized spacial score (nSPS) is 19.7. The third kappa shape index (κ3) is 5.20. The molecule has 23 heavy (non-hydrogen) atoms. The molecule has 0 bridgehead atoms. The monoisotopic (exact) mass is 322 g/mol. The lowest BCUT2D eigenvalue weighted by Crippen LogP contribution is -2.56. The fraction of sp³-hybridized carbons (Fsp3) is 0.588. The lowest BCUT2D eigenvalue weighted by molar-refractivity contribution is -0.147. The maximum Gasteiger partial charge on any atom is 0.263 e. The predicted molar refractivity (Wildman–Crippen MR) is 87.4 cm³/mol. The van der Waals surface area contributed by atoms with Crippen LogP contribution in [0.25, 0.3) is 0 Å². The average Bonchev–Trinajstić information content (AvgIpc) is 2.56. The number of ether oxygens (including phenoxy) is 2. The smallest absolute Gasteiger partial charge is 0.263 e. The SMILES string of the molecule is C[C@@H](Oc1ccccc1)C(=O)N1CCOC[C@H]1CN(C)CCO. The van der Waals surface area contributed by atoms with Crippen LogP contribution in [-0.4, -0.2) is 79.5 Å². The molecular weight excluding hydrogens is 296 g/mol. The summed E-state index contributed by atoms with van der Waals surface area (Å²) >= 11 is 0. The van der Waals surface area contributed by atoms with Gasteiger partial charge < -0.3 is 24.4 Å². The molecular formula is C17H26N2O4. The Labute approximate surface area is 137 Å². The van der Waals surface area contributed by atoms with Gasteiger partial charge in [0, 0.05) is 19.6 Å². The number of carbonyl (C=O) groups excluding carboxylic acids is 1. The summed E-state index contributed by atoms with van der Waals surface area (Å²) in [6, 6.07) is 9.34. The highest BCUT2D eigenvalue weighted by Crippen LogP contribution is 2.15. The maximum atomic E-state index is 12.7. The van der Waals surface area contributed by atoms with E-state index < -0.39 is 6.10 Å². The maximum absolute atomic E-state index is 12.7. The van der Waals surface area contributed by atoms with Crippen molar-refractivity contribution >= 4 is 5.91 Å². The Morgan fingerprint density at radius 3 is 2.91 bits per heavy atom. The fourth-order valence-electron chi connectivity index (χ4n) is 2.71. The standard InChI is InChI=1S/C17H26N2O4/c1-14(23-16-6-4-3-5-7-16)17(21)19-9-11-22-13-15(19)12-18(2)8-10-20/h3-7,14-15,20H,8-13H2,1-2H3/t14-,15-/m1/s1. The van der Waals surface area contributed by atoms with Gasteiger partial charge in [-0.05, 0) is 26.1 Å². The largest absolute Gasteiger partial charge is 0.481 e. The summed E-state index contributed by atoms with van der Waals surface area (Å²) < 4.78 is 11.3. The van der Waals surface area contributed by atoms with E-state index in [0.717, 1.165) is 0 Å². The van der Waals surface area contributed by atoms with Crippen molar-refractivity contribution in [3.05, 3.63) is 30.3 Å². The molecule has 0 radical (unpaired) electrons. The number of amides is 1. The number of nitrogens with zero attached hydrogens (tertiary/aromatic N) is 2. The van der Waals surface area contributed by atoms with E-state index in [0.29, 0.717) is 38.6 Å².